The van der Waals surface area contributed by atoms with E-state index in [0.29, 0.717) is 37.7 Å². The van der Waals surface area contributed by atoms with Crippen molar-refractivity contribution in [3.05, 3.63) is 57.6 Å². The summed E-state index contributed by atoms with van der Waals surface area (Å²) in [4.78, 5) is 16.9. The molecule has 0 N–H and O–H groups in total. The van der Waals surface area contributed by atoms with Crippen molar-refractivity contribution >= 4 is 16.9 Å². The Balaban J connectivity index is 1.55. The molecule has 3 aromatic rings. The monoisotopic (exact) mass is 549 g/mol. The standard InChI is InChI=1S/C28H35F4N5O2/c1-5-20-16-35(17(2)15-36(20)18(3)21-10-9-19(29)14-22(21)28(30,31)32)27-26-23(11-12-24(38)34(26)4)33-37(27)25-8-6-7-13-39-25/h9-12,14,17-18,20,25H,5-8,13,15-16H2,1-4H3/t17-,18?,20+,25?/m0/s1. The van der Waals surface area contributed by atoms with Gasteiger partial charge in [-0.15, -0.1) is 0 Å². The average molecular weight is 550 g/mol. The van der Waals surface area contributed by atoms with Gasteiger partial charge in [-0.3, -0.25) is 9.69 Å². The summed E-state index contributed by atoms with van der Waals surface area (Å²) in [6, 6.07) is 5.39. The maximum Gasteiger partial charge on any atom is 0.416 e. The molecule has 212 valence electrons. The Morgan fingerprint density at radius 2 is 1.92 bits per heavy atom. The minimum Gasteiger partial charge on any atom is -0.356 e. The molecule has 7 nitrogen and oxygen atoms in total. The van der Waals surface area contributed by atoms with Crippen LogP contribution in [0.15, 0.2) is 35.1 Å². The molecule has 0 radical (unpaired) electrons. The van der Waals surface area contributed by atoms with Gasteiger partial charge in [-0.2, -0.15) is 18.3 Å². The summed E-state index contributed by atoms with van der Waals surface area (Å²) in [6.07, 6.45) is -1.41. The lowest BCUT2D eigenvalue weighted by Crippen LogP contribution is -2.58. The molecule has 2 aromatic heterocycles. The fourth-order valence-corrected chi connectivity index (χ4v) is 6.14. The summed E-state index contributed by atoms with van der Waals surface area (Å²) < 4.78 is 65.0. The summed E-state index contributed by atoms with van der Waals surface area (Å²) in [5.41, 5.74) is 0.400. The van der Waals surface area contributed by atoms with E-state index in [2.05, 4.69) is 9.80 Å². The number of benzene rings is 1. The smallest absolute Gasteiger partial charge is 0.356 e. The molecule has 4 atom stereocenters. The van der Waals surface area contributed by atoms with Gasteiger partial charge in [-0.1, -0.05) is 13.0 Å². The molecule has 0 saturated carbocycles. The van der Waals surface area contributed by atoms with Gasteiger partial charge in [0.15, 0.2) is 12.0 Å². The van der Waals surface area contributed by atoms with E-state index >= 15 is 0 Å². The van der Waals surface area contributed by atoms with Crippen molar-refractivity contribution < 1.29 is 22.3 Å². The van der Waals surface area contributed by atoms with Crippen molar-refractivity contribution in [3.8, 4) is 0 Å². The third-order valence-corrected chi connectivity index (χ3v) is 8.26. The highest BCUT2D eigenvalue weighted by molar-refractivity contribution is 5.87. The molecule has 2 fully saturated rings. The minimum absolute atomic E-state index is 0.0662. The van der Waals surface area contributed by atoms with Gasteiger partial charge < -0.3 is 14.2 Å². The number of ether oxygens (including phenoxy) is 1. The largest absolute Gasteiger partial charge is 0.416 e. The lowest BCUT2D eigenvalue weighted by atomic mass is 9.95. The number of nitrogens with zero attached hydrogens (tertiary/aromatic N) is 5. The van der Waals surface area contributed by atoms with Crippen molar-refractivity contribution in [2.45, 2.75) is 77.0 Å². The molecular weight excluding hydrogens is 514 g/mol. The maximum absolute atomic E-state index is 13.9. The van der Waals surface area contributed by atoms with Gasteiger partial charge in [0.1, 0.15) is 16.9 Å². The zero-order valence-electron chi connectivity index (χ0n) is 22.7. The van der Waals surface area contributed by atoms with E-state index < -0.39 is 23.6 Å². The van der Waals surface area contributed by atoms with Gasteiger partial charge in [-0.05, 0) is 63.3 Å². The SMILES string of the molecule is CC[C@@H]1CN(c2c3c(ccc(=O)n3C)nn2C2CCCCO2)[C@@H](C)CN1C(C)c1ccc(F)cc1C(F)(F)F. The molecule has 2 unspecified atom stereocenters. The van der Waals surface area contributed by atoms with Crippen molar-refractivity contribution in [1.29, 1.82) is 0 Å². The summed E-state index contributed by atoms with van der Waals surface area (Å²) in [5.74, 6) is -0.104. The third kappa shape index (κ3) is 5.06. The number of aromatic nitrogens is 3. The Hall–Kier alpha value is -2.92. The van der Waals surface area contributed by atoms with E-state index in [4.69, 9.17) is 9.84 Å². The number of anilines is 1. The van der Waals surface area contributed by atoms with E-state index in [-0.39, 0.29) is 29.4 Å². The molecule has 0 bridgehead atoms. The number of hydrogen-bond acceptors (Lipinski definition) is 5. The van der Waals surface area contributed by atoms with E-state index in [0.717, 1.165) is 36.7 Å². The minimum atomic E-state index is -4.66. The van der Waals surface area contributed by atoms with Gasteiger partial charge in [0.25, 0.3) is 5.56 Å². The number of piperazine rings is 1. The molecule has 39 heavy (non-hydrogen) atoms. The second-order valence-electron chi connectivity index (χ2n) is 10.7. The van der Waals surface area contributed by atoms with E-state index in [9.17, 15) is 22.4 Å². The van der Waals surface area contributed by atoms with Crippen LogP contribution in [0.1, 0.15) is 69.9 Å². The molecule has 0 spiro atoms. The first-order valence-corrected chi connectivity index (χ1v) is 13.6. The Kier molecular flexibility index (Phi) is 7.49. The number of halogens is 4. The predicted octanol–water partition coefficient (Wildman–Crippen LogP) is 5.64. The highest BCUT2D eigenvalue weighted by atomic mass is 19.4. The summed E-state index contributed by atoms with van der Waals surface area (Å²) >= 11 is 0. The number of aryl methyl sites for hydroxylation is 1. The van der Waals surface area contributed by atoms with Crippen LogP contribution >= 0.6 is 0 Å². The van der Waals surface area contributed by atoms with Gasteiger partial charge in [0.05, 0.1) is 5.56 Å². The Morgan fingerprint density at radius 1 is 1.15 bits per heavy atom. The Morgan fingerprint density at radius 3 is 2.59 bits per heavy atom. The topological polar surface area (TPSA) is 55.5 Å². The quantitative estimate of drug-likeness (QED) is 0.386. The van der Waals surface area contributed by atoms with Crippen LogP contribution < -0.4 is 10.5 Å². The molecule has 0 aliphatic carbocycles. The molecule has 4 heterocycles. The first-order chi connectivity index (χ1) is 18.5. The summed E-state index contributed by atoms with van der Waals surface area (Å²) in [6.45, 7) is 7.45. The van der Waals surface area contributed by atoms with E-state index in [1.165, 1.54) is 12.1 Å². The second kappa shape index (κ2) is 10.6. The molecular formula is C28H35F4N5O2. The zero-order valence-corrected chi connectivity index (χ0v) is 22.7. The van der Waals surface area contributed by atoms with Crippen molar-refractivity contribution in [2.75, 3.05) is 24.6 Å². The fraction of sp³-hybridized carbons (Fsp3) is 0.571. The summed E-state index contributed by atoms with van der Waals surface area (Å²) in [5, 5.41) is 4.86. The zero-order chi connectivity index (χ0) is 28.1. The Bertz CT molecular complexity index is 1400. The van der Waals surface area contributed by atoms with Crippen LogP contribution in [0.25, 0.3) is 11.0 Å². The highest BCUT2D eigenvalue weighted by Gasteiger charge is 2.41. The van der Waals surface area contributed by atoms with Crippen LogP contribution in [0.3, 0.4) is 0 Å². The van der Waals surface area contributed by atoms with E-state index in [1.807, 2.05) is 18.5 Å². The van der Waals surface area contributed by atoms with Crippen LogP contribution in [-0.2, 0) is 18.0 Å². The second-order valence-corrected chi connectivity index (χ2v) is 10.7. The first kappa shape index (κ1) is 27.6. The first-order valence-electron chi connectivity index (χ1n) is 13.6. The lowest BCUT2D eigenvalue weighted by molar-refractivity contribution is -0.139. The van der Waals surface area contributed by atoms with Crippen LogP contribution in [0, 0.1) is 5.82 Å². The molecule has 2 saturated heterocycles. The summed E-state index contributed by atoms with van der Waals surface area (Å²) in [7, 11) is 1.73. The van der Waals surface area contributed by atoms with E-state index in [1.54, 1.807) is 24.6 Å². The van der Waals surface area contributed by atoms with Gasteiger partial charge in [0.2, 0.25) is 0 Å². The highest BCUT2D eigenvalue weighted by Crippen LogP contribution is 2.40. The number of fused-ring (bicyclic) bond motifs is 1. The number of rotatable bonds is 5. The van der Waals surface area contributed by atoms with Gasteiger partial charge >= 0.3 is 6.18 Å². The molecule has 11 heteroatoms. The number of alkyl halides is 3. The third-order valence-electron chi connectivity index (χ3n) is 8.26. The van der Waals surface area contributed by atoms with Crippen LogP contribution in [0.4, 0.5) is 23.4 Å². The van der Waals surface area contributed by atoms with Crippen molar-refractivity contribution in [1.82, 2.24) is 19.2 Å². The van der Waals surface area contributed by atoms with Gasteiger partial charge in [0, 0.05) is 50.9 Å². The molecule has 1 aromatic carbocycles. The lowest BCUT2D eigenvalue weighted by Gasteiger charge is -2.49. The van der Waals surface area contributed by atoms with Crippen LogP contribution in [-0.4, -0.2) is 51.0 Å². The predicted molar refractivity (Wildman–Crippen MR) is 141 cm³/mol. The maximum atomic E-state index is 13.9. The van der Waals surface area contributed by atoms with Gasteiger partial charge in [-0.25, -0.2) is 9.07 Å². The van der Waals surface area contributed by atoms with Crippen molar-refractivity contribution in [3.63, 3.8) is 0 Å². The fourth-order valence-electron chi connectivity index (χ4n) is 6.14. The van der Waals surface area contributed by atoms with Crippen molar-refractivity contribution in [2.24, 2.45) is 7.05 Å². The normalized spacial score (nSPS) is 23.9. The van der Waals surface area contributed by atoms with Crippen LogP contribution in [0.2, 0.25) is 0 Å². The number of hydrogen-bond donors (Lipinski definition) is 0. The van der Waals surface area contributed by atoms with Crippen LogP contribution in [0.5, 0.6) is 0 Å². The molecule has 5 rings (SSSR count). The molecule has 2 aliphatic rings. The average Bonchev–Trinajstić information content (AvgIpc) is 3.30. The molecule has 0 amide bonds. The molecule has 2 aliphatic heterocycles. The number of pyridine rings is 1. The Labute approximate surface area is 224 Å².